The van der Waals surface area contributed by atoms with Crippen molar-refractivity contribution in [2.75, 3.05) is 37.7 Å². The van der Waals surface area contributed by atoms with Gasteiger partial charge in [-0.1, -0.05) is 0 Å². The minimum atomic E-state index is -3.46. The monoisotopic (exact) mass is 410 g/mol. The van der Waals surface area contributed by atoms with E-state index in [9.17, 15) is 8.42 Å². The maximum Gasteiger partial charge on any atom is 0.217 e. The van der Waals surface area contributed by atoms with Crippen LogP contribution in [0.2, 0.25) is 0 Å². The first-order chi connectivity index (χ1) is 13.5. The molecule has 2 aliphatic rings. The molecule has 0 radical (unpaired) electrons. The Kier molecular flexibility index (Phi) is 5.47. The Labute approximate surface area is 163 Å². The molecule has 0 aliphatic carbocycles. The van der Waals surface area contributed by atoms with Gasteiger partial charge < -0.3 is 9.64 Å². The standard InChI is InChI=1S/C16H26N8O3S/c1-11-14(12(2)22-21-11)28(25,26)20-3-4-24-16-13(9-19-24)15(17-10-18-16)23-5-7-27-8-6-23/h9-12,14,20-22H,3-8H2,1-2H3. The fraction of sp³-hybridized carbons (Fsp3) is 0.688. The van der Waals surface area contributed by atoms with Gasteiger partial charge in [-0.25, -0.2) is 27.8 Å². The van der Waals surface area contributed by atoms with Crippen LogP contribution < -0.4 is 20.5 Å². The summed E-state index contributed by atoms with van der Waals surface area (Å²) in [6.45, 7) is 7.22. The molecule has 3 N–H and O–H groups in total. The van der Waals surface area contributed by atoms with Crippen LogP contribution in [0.15, 0.2) is 12.5 Å². The highest BCUT2D eigenvalue weighted by molar-refractivity contribution is 7.90. The largest absolute Gasteiger partial charge is 0.378 e. The summed E-state index contributed by atoms with van der Waals surface area (Å²) in [6.07, 6.45) is 3.26. The number of nitrogens with one attached hydrogen (secondary N) is 3. The first-order valence-electron chi connectivity index (χ1n) is 9.46. The Bertz CT molecular complexity index is 917. The van der Waals surface area contributed by atoms with Crippen LogP contribution in [0.3, 0.4) is 0 Å². The molecule has 28 heavy (non-hydrogen) atoms. The minimum absolute atomic E-state index is 0.165. The molecule has 2 saturated heterocycles. The van der Waals surface area contributed by atoms with Crippen LogP contribution in [0.25, 0.3) is 11.0 Å². The maximum absolute atomic E-state index is 12.6. The summed E-state index contributed by atoms with van der Waals surface area (Å²) >= 11 is 0. The van der Waals surface area contributed by atoms with E-state index in [0.29, 0.717) is 25.4 Å². The zero-order valence-corrected chi connectivity index (χ0v) is 16.8. The minimum Gasteiger partial charge on any atom is -0.378 e. The van der Waals surface area contributed by atoms with E-state index >= 15 is 0 Å². The van der Waals surface area contributed by atoms with Gasteiger partial charge in [0.2, 0.25) is 10.0 Å². The lowest BCUT2D eigenvalue weighted by atomic mass is 10.2. The molecule has 12 heteroatoms. The van der Waals surface area contributed by atoms with E-state index in [1.54, 1.807) is 10.9 Å². The van der Waals surface area contributed by atoms with E-state index in [4.69, 9.17) is 4.74 Å². The van der Waals surface area contributed by atoms with Crippen LogP contribution in [-0.2, 0) is 21.3 Å². The van der Waals surface area contributed by atoms with Gasteiger partial charge in [0.15, 0.2) is 5.65 Å². The number of fused-ring (bicyclic) bond motifs is 1. The molecule has 4 heterocycles. The van der Waals surface area contributed by atoms with Crippen molar-refractivity contribution in [3.8, 4) is 0 Å². The molecule has 0 aromatic carbocycles. The third kappa shape index (κ3) is 3.70. The molecule has 154 valence electrons. The molecule has 2 unspecified atom stereocenters. The Morgan fingerprint density at radius 3 is 2.64 bits per heavy atom. The number of anilines is 1. The molecule has 0 amide bonds. The van der Waals surface area contributed by atoms with Crippen molar-refractivity contribution in [2.24, 2.45) is 0 Å². The molecule has 11 nitrogen and oxygen atoms in total. The normalized spacial score (nSPS) is 26.2. The molecular formula is C16H26N8O3S. The van der Waals surface area contributed by atoms with Crippen molar-refractivity contribution < 1.29 is 13.2 Å². The van der Waals surface area contributed by atoms with Crippen molar-refractivity contribution >= 4 is 26.9 Å². The van der Waals surface area contributed by atoms with Crippen LogP contribution >= 0.6 is 0 Å². The lowest BCUT2D eigenvalue weighted by Crippen LogP contribution is -2.45. The Hall–Kier alpha value is -1.86. The van der Waals surface area contributed by atoms with Gasteiger partial charge in [0.05, 0.1) is 31.3 Å². The fourth-order valence-corrected chi connectivity index (χ4v) is 5.64. The third-order valence-corrected chi connectivity index (χ3v) is 7.37. The van der Waals surface area contributed by atoms with Crippen LogP contribution in [0.4, 0.5) is 5.82 Å². The van der Waals surface area contributed by atoms with Gasteiger partial charge in [0.25, 0.3) is 0 Å². The van der Waals surface area contributed by atoms with Crippen LogP contribution in [0.1, 0.15) is 13.8 Å². The van der Waals surface area contributed by atoms with Crippen LogP contribution in [0, 0.1) is 0 Å². The highest BCUT2D eigenvalue weighted by Gasteiger charge is 2.39. The van der Waals surface area contributed by atoms with Crippen molar-refractivity contribution in [3.63, 3.8) is 0 Å². The van der Waals surface area contributed by atoms with Gasteiger partial charge in [0, 0.05) is 31.7 Å². The van der Waals surface area contributed by atoms with E-state index in [1.807, 2.05) is 13.8 Å². The van der Waals surface area contributed by atoms with Gasteiger partial charge in [0.1, 0.15) is 17.4 Å². The van der Waals surface area contributed by atoms with Gasteiger partial charge in [-0.15, -0.1) is 0 Å². The molecule has 2 aromatic heterocycles. The number of rotatable bonds is 6. The number of hydrazine groups is 1. The zero-order chi connectivity index (χ0) is 19.7. The number of aromatic nitrogens is 4. The molecule has 2 aliphatic heterocycles. The van der Waals surface area contributed by atoms with Crippen LogP contribution in [0.5, 0.6) is 0 Å². The molecule has 2 atom stereocenters. The number of ether oxygens (including phenoxy) is 1. The second-order valence-corrected chi connectivity index (χ2v) is 9.09. The Morgan fingerprint density at radius 1 is 1.21 bits per heavy atom. The SMILES string of the molecule is CC1NNC(C)C1S(=O)(=O)NCCn1ncc2c(N3CCOCC3)ncnc21. The quantitative estimate of drug-likeness (QED) is 0.540. The van der Waals surface area contributed by atoms with Crippen molar-refractivity contribution in [3.05, 3.63) is 12.5 Å². The Balaban J connectivity index is 1.45. The molecule has 2 fully saturated rings. The highest BCUT2D eigenvalue weighted by Crippen LogP contribution is 2.23. The smallest absolute Gasteiger partial charge is 0.217 e. The fourth-order valence-electron chi connectivity index (χ4n) is 3.86. The van der Waals surface area contributed by atoms with Crippen molar-refractivity contribution in [1.82, 2.24) is 35.3 Å². The molecule has 0 saturated carbocycles. The van der Waals surface area contributed by atoms with E-state index < -0.39 is 15.3 Å². The third-order valence-electron chi connectivity index (χ3n) is 5.23. The lowest BCUT2D eigenvalue weighted by Gasteiger charge is -2.27. The van der Waals surface area contributed by atoms with E-state index in [1.165, 1.54) is 6.33 Å². The van der Waals surface area contributed by atoms with E-state index in [0.717, 1.165) is 24.3 Å². The highest BCUT2D eigenvalue weighted by atomic mass is 32.2. The van der Waals surface area contributed by atoms with Gasteiger partial charge in [-0.3, -0.25) is 10.9 Å². The van der Waals surface area contributed by atoms with E-state index in [-0.39, 0.29) is 18.6 Å². The lowest BCUT2D eigenvalue weighted by molar-refractivity contribution is 0.122. The molecule has 0 bridgehead atoms. The van der Waals surface area contributed by atoms with E-state index in [2.05, 4.69) is 35.5 Å². The van der Waals surface area contributed by atoms with Gasteiger partial charge in [-0.05, 0) is 13.8 Å². The molecule has 2 aromatic rings. The second kappa shape index (κ2) is 7.87. The topological polar surface area (TPSA) is 126 Å². The van der Waals surface area contributed by atoms with Crippen molar-refractivity contribution in [1.29, 1.82) is 0 Å². The predicted octanol–water partition coefficient (Wildman–Crippen LogP) is -1.16. The van der Waals surface area contributed by atoms with Gasteiger partial charge in [-0.2, -0.15) is 5.10 Å². The summed E-state index contributed by atoms with van der Waals surface area (Å²) in [5.74, 6) is 0.839. The maximum atomic E-state index is 12.6. The van der Waals surface area contributed by atoms with Crippen molar-refractivity contribution in [2.45, 2.75) is 37.7 Å². The summed E-state index contributed by atoms with van der Waals surface area (Å²) in [5, 5.41) is 4.72. The number of sulfonamides is 1. The number of hydrogen-bond acceptors (Lipinski definition) is 9. The number of hydrogen-bond donors (Lipinski definition) is 3. The van der Waals surface area contributed by atoms with Crippen LogP contribution in [-0.4, -0.2) is 78.3 Å². The molecule has 4 rings (SSSR count). The average molecular weight is 411 g/mol. The van der Waals surface area contributed by atoms with Gasteiger partial charge >= 0.3 is 0 Å². The Morgan fingerprint density at radius 2 is 1.93 bits per heavy atom. The zero-order valence-electron chi connectivity index (χ0n) is 16.0. The molecule has 0 spiro atoms. The summed E-state index contributed by atoms with van der Waals surface area (Å²) in [7, 11) is -3.46. The number of morpholine rings is 1. The first kappa shape index (κ1) is 19.5. The summed E-state index contributed by atoms with van der Waals surface area (Å²) in [4.78, 5) is 10.9. The summed E-state index contributed by atoms with van der Waals surface area (Å²) < 4.78 is 35.1. The predicted molar refractivity (Wildman–Crippen MR) is 104 cm³/mol. The number of nitrogens with zero attached hydrogens (tertiary/aromatic N) is 5. The summed E-state index contributed by atoms with van der Waals surface area (Å²) in [5.41, 5.74) is 6.64. The molecular weight excluding hydrogens is 384 g/mol. The summed E-state index contributed by atoms with van der Waals surface area (Å²) in [6, 6.07) is -0.330. The second-order valence-electron chi connectivity index (χ2n) is 7.17. The average Bonchev–Trinajstić information content (AvgIpc) is 3.25. The first-order valence-corrected chi connectivity index (χ1v) is 11.0.